The van der Waals surface area contributed by atoms with E-state index in [1.54, 1.807) is 25.1 Å². The summed E-state index contributed by atoms with van der Waals surface area (Å²) in [7, 11) is 0. The van der Waals surface area contributed by atoms with Gasteiger partial charge in [0.05, 0.1) is 6.04 Å². The maximum Gasteiger partial charge on any atom is 0.272 e. The van der Waals surface area contributed by atoms with E-state index < -0.39 is 29.7 Å². The first-order valence-corrected chi connectivity index (χ1v) is 7.39. The number of amides is 2. The third kappa shape index (κ3) is 2.99. The second kappa shape index (κ2) is 6.38. The molecule has 8 nitrogen and oxygen atoms in total. The molecule has 0 radical (unpaired) electrons. The van der Waals surface area contributed by atoms with Crippen LogP contribution in [0.5, 0.6) is 0 Å². The van der Waals surface area contributed by atoms with Crippen molar-refractivity contribution < 1.29 is 14.0 Å². The van der Waals surface area contributed by atoms with E-state index in [4.69, 9.17) is 5.73 Å². The molecule has 1 saturated heterocycles. The molecule has 3 unspecified atom stereocenters. The van der Waals surface area contributed by atoms with Gasteiger partial charge in [0.1, 0.15) is 17.5 Å². The Balaban J connectivity index is 1.77. The first-order valence-electron chi connectivity index (χ1n) is 7.39. The van der Waals surface area contributed by atoms with E-state index in [0.717, 1.165) is 0 Å². The summed E-state index contributed by atoms with van der Waals surface area (Å²) in [6.45, 7) is 1.80. The van der Waals surface area contributed by atoms with Gasteiger partial charge in [0.2, 0.25) is 5.91 Å². The topological polar surface area (TPSA) is 114 Å². The zero-order valence-electron chi connectivity index (χ0n) is 12.9. The van der Waals surface area contributed by atoms with Gasteiger partial charge in [-0.3, -0.25) is 15.0 Å². The molecule has 2 heterocycles. The number of aromatic nitrogens is 2. The van der Waals surface area contributed by atoms with Crippen LogP contribution in [0.15, 0.2) is 36.5 Å². The van der Waals surface area contributed by atoms with Gasteiger partial charge in [0, 0.05) is 12.2 Å². The van der Waals surface area contributed by atoms with E-state index >= 15 is 0 Å². The van der Waals surface area contributed by atoms with Gasteiger partial charge in [-0.1, -0.05) is 12.1 Å². The van der Waals surface area contributed by atoms with E-state index in [2.05, 4.69) is 21.3 Å². The van der Waals surface area contributed by atoms with Crippen LogP contribution < -0.4 is 21.9 Å². The summed E-state index contributed by atoms with van der Waals surface area (Å²) >= 11 is 0. The van der Waals surface area contributed by atoms with Crippen LogP contribution in [0.25, 0.3) is 5.69 Å². The second-order valence-corrected chi connectivity index (χ2v) is 5.55. The van der Waals surface area contributed by atoms with Crippen LogP contribution in [-0.2, 0) is 4.79 Å². The highest BCUT2D eigenvalue weighted by atomic mass is 19.1. The Morgan fingerprint density at radius 1 is 1.29 bits per heavy atom. The van der Waals surface area contributed by atoms with E-state index in [1.165, 1.54) is 23.0 Å². The predicted octanol–water partition coefficient (Wildman–Crippen LogP) is -0.540. The first kappa shape index (κ1) is 16.1. The Morgan fingerprint density at radius 2 is 2.04 bits per heavy atom. The van der Waals surface area contributed by atoms with Gasteiger partial charge in [-0.15, -0.1) is 0 Å². The normalized spacial score (nSPS) is 23.2. The fourth-order valence-electron chi connectivity index (χ4n) is 2.59. The number of rotatable bonds is 4. The number of hydrazine groups is 1. The van der Waals surface area contributed by atoms with Gasteiger partial charge >= 0.3 is 0 Å². The highest BCUT2D eigenvalue weighted by molar-refractivity contribution is 5.93. The summed E-state index contributed by atoms with van der Waals surface area (Å²) in [6, 6.07) is 6.15. The second-order valence-electron chi connectivity index (χ2n) is 5.55. The molecule has 0 bridgehead atoms. The standard InChI is InChI=1S/C15H17FN6O2/c1-8-12(13(14(17)23)20-19-8)18-15(24)10-6-7-22(21-10)11-5-3-2-4-9(11)16/h2-8,12-13,19-20H,1H3,(H2,17,23)(H,18,24). The maximum atomic E-state index is 13.8. The van der Waals surface area contributed by atoms with Crippen LogP contribution in [-0.4, -0.2) is 39.7 Å². The zero-order chi connectivity index (χ0) is 17.3. The van der Waals surface area contributed by atoms with Crippen molar-refractivity contribution in [3.63, 3.8) is 0 Å². The minimum absolute atomic E-state index is 0.112. The monoisotopic (exact) mass is 332 g/mol. The number of nitrogens with zero attached hydrogens (tertiary/aromatic N) is 2. The average molecular weight is 332 g/mol. The van der Waals surface area contributed by atoms with Gasteiger partial charge in [0.15, 0.2) is 5.69 Å². The number of primary amides is 1. The Labute approximate surface area is 137 Å². The highest BCUT2D eigenvalue weighted by Crippen LogP contribution is 2.13. The van der Waals surface area contributed by atoms with Gasteiger partial charge in [-0.2, -0.15) is 5.10 Å². The van der Waals surface area contributed by atoms with Crippen molar-refractivity contribution in [2.75, 3.05) is 0 Å². The van der Waals surface area contributed by atoms with Crippen molar-refractivity contribution in [3.05, 3.63) is 48.0 Å². The largest absolute Gasteiger partial charge is 0.368 e. The molecule has 2 amide bonds. The fourth-order valence-corrected chi connectivity index (χ4v) is 2.59. The summed E-state index contributed by atoms with van der Waals surface area (Å²) in [6.07, 6.45) is 1.49. The summed E-state index contributed by atoms with van der Waals surface area (Å²) in [5.41, 5.74) is 11.3. The van der Waals surface area contributed by atoms with Gasteiger partial charge in [0.25, 0.3) is 5.91 Å². The zero-order valence-corrected chi connectivity index (χ0v) is 12.9. The molecule has 0 aliphatic carbocycles. The molecular weight excluding hydrogens is 315 g/mol. The molecule has 5 N–H and O–H groups in total. The molecule has 3 rings (SSSR count). The number of carbonyl (C=O) groups is 2. The summed E-state index contributed by atoms with van der Waals surface area (Å²) in [5, 5.41) is 6.81. The quantitative estimate of drug-likeness (QED) is 0.600. The van der Waals surface area contributed by atoms with Crippen LogP contribution in [0.2, 0.25) is 0 Å². The minimum atomic E-state index is -0.724. The van der Waals surface area contributed by atoms with Crippen molar-refractivity contribution >= 4 is 11.8 Å². The minimum Gasteiger partial charge on any atom is -0.368 e. The molecule has 24 heavy (non-hydrogen) atoms. The number of benzene rings is 1. The van der Waals surface area contributed by atoms with Crippen LogP contribution in [0, 0.1) is 5.82 Å². The molecule has 1 aromatic heterocycles. The smallest absolute Gasteiger partial charge is 0.272 e. The van der Waals surface area contributed by atoms with Gasteiger partial charge in [-0.25, -0.2) is 14.5 Å². The number of hydrogen-bond acceptors (Lipinski definition) is 5. The number of hydrogen-bond donors (Lipinski definition) is 4. The SMILES string of the molecule is CC1NNC(C(N)=O)C1NC(=O)c1ccn(-c2ccccc2F)n1. The number of nitrogens with one attached hydrogen (secondary N) is 3. The van der Waals surface area contributed by atoms with Gasteiger partial charge < -0.3 is 11.1 Å². The van der Waals surface area contributed by atoms with Crippen LogP contribution in [0.1, 0.15) is 17.4 Å². The van der Waals surface area contributed by atoms with E-state index in [1.807, 2.05) is 0 Å². The predicted molar refractivity (Wildman–Crippen MR) is 83.5 cm³/mol. The number of carbonyl (C=O) groups excluding carboxylic acids is 2. The Hall–Kier alpha value is -2.78. The van der Waals surface area contributed by atoms with Crippen molar-refractivity contribution in [2.45, 2.75) is 25.0 Å². The van der Waals surface area contributed by atoms with Crippen molar-refractivity contribution in [2.24, 2.45) is 5.73 Å². The van der Waals surface area contributed by atoms with E-state index in [0.29, 0.717) is 0 Å². The van der Waals surface area contributed by atoms with Crippen LogP contribution in [0.4, 0.5) is 4.39 Å². The lowest BCUT2D eigenvalue weighted by molar-refractivity contribution is -0.120. The fraction of sp³-hybridized carbons (Fsp3) is 0.267. The first-order chi connectivity index (χ1) is 11.5. The molecule has 3 atom stereocenters. The van der Waals surface area contributed by atoms with E-state index in [-0.39, 0.29) is 17.4 Å². The third-order valence-electron chi connectivity index (χ3n) is 3.89. The summed E-state index contributed by atoms with van der Waals surface area (Å²) in [4.78, 5) is 23.8. The summed E-state index contributed by atoms with van der Waals surface area (Å²) in [5.74, 6) is -1.49. The average Bonchev–Trinajstić information content (AvgIpc) is 3.16. The molecule has 2 aromatic rings. The number of halogens is 1. The van der Waals surface area contributed by atoms with Crippen molar-refractivity contribution in [1.29, 1.82) is 0 Å². The molecular formula is C15H17FN6O2. The third-order valence-corrected chi connectivity index (χ3v) is 3.89. The number of para-hydroxylation sites is 1. The van der Waals surface area contributed by atoms with Crippen molar-refractivity contribution in [3.8, 4) is 5.69 Å². The molecule has 1 aromatic carbocycles. The molecule has 0 saturated carbocycles. The molecule has 1 aliphatic rings. The molecule has 126 valence electrons. The molecule has 1 fully saturated rings. The van der Waals surface area contributed by atoms with E-state index in [9.17, 15) is 14.0 Å². The van der Waals surface area contributed by atoms with Gasteiger partial charge in [-0.05, 0) is 25.1 Å². The maximum absolute atomic E-state index is 13.8. The van der Waals surface area contributed by atoms with Crippen LogP contribution >= 0.6 is 0 Å². The molecule has 9 heteroatoms. The number of nitrogens with two attached hydrogens (primary N) is 1. The lowest BCUT2D eigenvalue weighted by Gasteiger charge is -2.19. The summed E-state index contributed by atoms with van der Waals surface area (Å²) < 4.78 is 15.1. The Morgan fingerprint density at radius 3 is 2.75 bits per heavy atom. The van der Waals surface area contributed by atoms with Crippen LogP contribution in [0.3, 0.4) is 0 Å². The molecule has 1 aliphatic heterocycles. The highest BCUT2D eigenvalue weighted by Gasteiger charge is 2.38. The Bertz CT molecular complexity index is 777. The van der Waals surface area contributed by atoms with Crippen molar-refractivity contribution in [1.82, 2.24) is 25.9 Å². The molecule has 0 spiro atoms. The lowest BCUT2D eigenvalue weighted by atomic mass is 10.0. The Kier molecular flexibility index (Phi) is 4.28. The lowest BCUT2D eigenvalue weighted by Crippen LogP contribution is -2.52.